The maximum absolute atomic E-state index is 5.50. The highest BCUT2D eigenvalue weighted by Crippen LogP contribution is 2.37. The summed E-state index contributed by atoms with van der Waals surface area (Å²) in [6.07, 6.45) is 0. The van der Waals surface area contributed by atoms with Gasteiger partial charge in [-0.1, -0.05) is 13.0 Å². The zero-order chi connectivity index (χ0) is 13.7. The molecule has 0 saturated heterocycles. The van der Waals surface area contributed by atoms with E-state index in [1.165, 1.54) is 5.56 Å². The first-order valence-electron chi connectivity index (χ1n) is 6.28. The number of ether oxygens (including phenoxy) is 2. The number of methoxy groups -OCH3 is 2. The summed E-state index contributed by atoms with van der Waals surface area (Å²) in [7, 11) is 3.38. The Morgan fingerprint density at radius 3 is 2.32 bits per heavy atom. The first-order chi connectivity index (χ1) is 9.31. The van der Waals surface area contributed by atoms with Crippen LogP contribution in [0.4, 0.5) is 0 Å². The first kappa shape index (κ1) is 13.9. The third kappa shape index (κ3) is 2.91. The molecule has 4 heteroatoms. The summed E-state index contributed by atoms with van der Waals surface area (Å²) >= 11 is 1.69. The number of thiophene rings is 1. The minimum atomic E-state index is 0.0855. The summed E-state index contributed by atoms with van der Waals surface area (Å²) in [5.74, 6) is 1.69. The average molecular weight is 277 g/mol. The van der Waals surface area contributed by atoms with E-state index in [1.807, 2.05) is 18.2 Å². The van der Waals surface area contributed by atoms with Crippen LogP contribution in [0, 0.1) is 0 Å². The highest BCUT2D eigenvalue weighted by Gasteiger charge is 2.22. The lowest BCUT2D eigenvalue weighted by Crippen LogP contribution is -2.22. The minimum absolute atomic E-state index is 0.0855. The van der Waals surface area contributed by atoms with Crippen molar-refractivity contribution in [3.05, 3.63) is 46.2 Å². The number of benzene rings is 1. The van der Waals surface area contributed by atoms with Crippen molar-refractivity contribution in [1.82, 2.24) is 5.32 Å². The molecule has 0 aliphatic carbocycles. The molecule has 1 atom stereocenters. The Morgan fingerprint density at radius 1 is 1.16 bits per heavy atom. The van der Waals surface area contributed by atoms with Gasteiger partial charge in [-0.05, 0) is 41.1 Å². The molecule has 1 unspecified atom stereocenters. The molecule has 102 valence electrons. The van der Waals surface area contributed by atoms with E-state index in [-0.39, 0.29) is 6.04 Å². The molecular weight excluding hydrogens is 258 g/mol. The second-order valence-electron chi connectivity index (χ2n) is 4.12. The lowest BCUT2D eigenvalue weighted by Gasteiger charge is -2.22. The summed E-state index contributed by atoms with van der Waals surface area (Å²) in [6.45, 7) is 2.98. The molecule has 2 aromatic rings. The third-order valence-electron chi connectivity index (χ3n) is 3.04. The highest BCUT2D eigenvalue weighted by atomic mass is 32.1. The maximum Gasteiger partial charge on any atom is 0.127 e. The van der Waals surface area contributed by atoms with Crippen LogP contribution in [0.2, 0.25) is 0 Å². The van der Waals surface area contributed by atoms with Crippen molar-refractivity contribution in [3.63, 3.8) is 0 Å². The molecular formula is C15H19NO2S. The van der Waals surface area contributed by atoms with Gasteiger partial charge in [0.1, 0.15) is 11.5 Å². The normalized spacial score (nSPS) is 12.2. The van der Waals surface area contributed by atoms with Crippen LogP contribution in [0.15, 0.2) is 35.0 Å². The van der Waals surface area contributed by atoms with Gasteiger partial charge in [-0.3, -0.25) is 0 Å². The van der Waals surface area contributed by atoms with Gasteiger partial charge in [-0.15, -0.1) is 0 Å². The lowest BCUT2D eigenvalue weighted by atomic mass is 9.99. The second-order valence-corrected chi connectivity index (χ2v) is 4.90. The molecule has 0 aliphatic rings. The Morgan fingerprint density at radius 2 is 1.84 bits per heavy atom. The molecule has 1 heterocycles. The van der Waals surface area contributed by atoms with E-state index >= 15 is 0 Å². The second kappa shape index (κ2) is 6.59. The van der Waals surface area contributed by atoms with Gasteiger partial charge < -0.3 is 14.8 Å². The molecule has 0 saturated carbocycles. The van der Waals surface area contributed by atoms with Gasteiger partial charge in [0.05, 0.1) is 25.8 Å². The quantitative estimate of drug-likeness (QED) is 0.877. The van der Waals surface area contributed by atoms with Gasteiger partial charge >= 0.3 is 0 Å². The van der Waals surface area contributed by atoms with Crippen molar-refractivity contribution in [1.29, 1.82) is 0 Å². The van der Waals surface area contributed by atoms with E-state index < -0.39 is 0 Å². The van der Waals surface area contributed by atoms with Gasteiger partial charge in [0.2, 0.25) is 0 Å². The van der Waals surface area contributed by atoms with Crippen molar-refractivity contribution >= 4 is 11.3 Å². The number of hydrogen-bond donors (Lipinski definition) is 1. The van der Waals surface area contributed by atoms with E-state index in [2.05, 4.69) is 29.1 Å². The Bertz CT molecular complexity index is 489. The van der Waals surface area contributed by atoms with Crippen molar-refractivity contribution in [2.45, 2.75) is 13.0 Å². The molecule has 2 rings (SSSR count). The van der Waals surface area contributed by atoms with Crippen LogP contribution in [0.25, 0.3) is 0 Å². The largest absolute Gasteiger partial charge is 0.496 e. The molecule has 1 aromatic carbocycles. The van der Waals surface area contributed by atoms with E-state index in [0.29, 0.717) is 0 Å². The van der Waals surface area contributed by atoms with Gasteiger partial charge in [-0.25, -0.2) is 0 Å². The van der Waals surface area contributed by atoms with E-state index in [1.54, 1.807) is 25.6 Å². The molecule has 0 radical (unpaired) electrons. The zero-order valence-corrected chi connectivity index (χ0v) is 12.3. The molecule has 0 amide bonds. The predicted molar refractivity (Wildman–Crippen MR) is 79.4 cm³/mol. The monoisotopic (exact) mass is 277 g/mol. The van der Waals surface area contributed by atoms with E-state index in [4.69, 9.17) is 9.47 Å². The first-order valence-corrected chi connectivity index (χ1v) is 7.22. The zero-order valence-electron chi connectivity index (χ0n) is 11.5. The molecule has 3 nitrogen and oxygen atoms in total. The van der Waals surface area contributed by atoms with E-state index in [9.17, 15) is 0 Å². The topological polar surface area (TPSA) is 30.5 Å². The lowest BCUT2D eigenvalue weighted by molar-refractivity contribution is 0.377. The molecule has 1 N–H and O–H groups in total. The van der Waals surface area contributed by atoms with Crippen LogP contribution < -0.4 is 14.8 Å². The van der Waals surface area contributed by atoms with Crippen LogP contribution in [0.5, 0.6) is 11.5 Å². The molecule has 0 bridgehead atoms. The fourth-order valence-corrected chi connectivity index (χ4v) is 2.88. The van der Waals surface area contributed by atoms with Gasteiger partial charge in [0.15, 0.2) is 0 Å². The van der Waals surface area contributed by atoms with Crippen LogP contribution in [-0.4, -0.2) is 20.8 Å². The fraction of sp³-hybridized carbons (Fsp3) is 0.333. The Labute approximate surface area is 118 Å². The fourth-order valence-electron chi connectivity index (χ4n) is 2.19. The van der Waals surface area contributed by atoms with Crippen molar-refractivity contribution in [2.75, 3.05) is 20.8 Å². The van der Waals surface area contributed by atoms with Crippen molar-refractivity contribution in [3.8, 4) is 11.5 Å². The molecule has 0 aliphatic heterocycles. The molecule has 1 aromatic heterocycles. The Kier molecular flexibility index (Phi) is 4.82. The average Bonchev–Trinajstić information content (AvgIpc) is 2.98. The SMILES string of the molecule is CCNC(c1ccsc1)c1c(OC)cccc1OC. The van der Waals surface area contributed by atoms with Gasteiger partial charge in [-0.2, -0.15) is 11.3 Å². The molecule has 0 fully saturated rings. The van der Waals surface area contributed by atoms with Crippen LogP contribution in [0.1, 0.15) is 24.1 Å². The maximum atomic E-state index is 5.50. The summed E-state index contributed by atoms with van der Waals surface area (Å²) in [5.41, 5.74) is 2.28. The van der Waals surface area contributed by atoms with E-state index in [0.717, 1.165) is 23.6 Å². The summed E-state index contributed by atoms with van der Waals surface area (Å²) < 4.78 is 11.0. The molecule has 19 heavy (non-hydrogen) atoms. The van der Waals surface area contributed by atoms with Crippen molar-refractivity contribution in [2.24, 2.45) is 0 Å². The smallest absolute Gasteiger partial charge is 0.127 e. The van der Waals surface area contributed by atoms with Crippen molar-refractivity contribution < 1.29 is 9.47 Å². The number of nitrogens with one attached hydrogen (secondary N) is 1. The molecule has 0 spiro atoms. The minimum Gasteiger partial charge on any atom is -0.496 e. The number of rotatable bonds is 6. The van der Waals surface area contributed by atoms with Gasteiger partial charge in [0, 0.05) is 0 Å². The highest BCUT2D eigenvalue weighted by molar-refractivity contribution is 7.08. The van der Waals surface area contributed by atoms with Gasteiger partial charge in [0.25, 0.3) is 0 Å². The number of hydrogen-bond acceptors (Lipinski definition) is 4. The Balaban J connectivity index is 2.52. The van der Waals surface area contributed by atoms with Crippen LogP contribution in [0.3, 0.4) is 0 Å². The summed E-state index contributed by atoms with van der Waals surface area (Å²) in [6, 6.07) is 8.09. The standard InChI is InChI=1S/C15H19NO2S/c1-4-16-15(11-8-9-19-10-11)14-12(17-2)6-5-7-13(14)18-3/h5-10,15-16H,4H2,1-3H3. The summed E-state index contributed by atoms with van der Waals surface area (Å²) in [4.78, 5) is 0. The van der Waals surface area contributed by atoms with Crippen LogP contribution in [-0.2, 0) is 0 Å². The van der Waals surface area contributed by atoms with Crippen LogP contribution >= 0.6 is 11.3 Å². The predicted octanol–water partition coefficient (Wildman–Crippen LogP) is 3.46. The summed E-state index contributed by atoms with van der Waals surface area (Å²) in [5, 5.41) is 7.73. The Hall–Kier alpha value is -1.52. The third-order valence-corrected chi connectivity index (χ3v) is 3.74.